The Morgan fingerprint density at radius 2 is 1.59 bits per heavy atom. The van der Waals surface area contributed by atoms with E-state index in [0.29, 0.717) is 16.8 Å². The van der Waals surface area contributed by atoms with Crippen LogP contribution in [0.2, 0.25) is 0 Å². The van der Waals surface area contributed by atoms with E-state index in [4.69, 9.17) is 14.7 Å². The number of ether oxygens (including phenoxy) is 1. The molecule has 3 aromatic carbocycles. The molecule has 0 fully saturated rings. The summed E-state index contributed by atoms with van der Waals surface area (Å²) in [6.45, 7) is 1.32. The van der Waals surface area contributed by atoms with Crippen molar-refractivity contribution in [2.75, 3.05) is 25.6 Å². The van der Waals surface area contributed by atoms with Crippen molar-refractivity contribution in [3.63, 3.8) is 0 Å². The van der Waals surface area contributed by atoms with Crippen molar-refractivity contribution in [3.05, 3.63) is 89.0 Å². The minimum absolute atomic E-state index is 0.0411. The second kappa shape index (κ2) is 9.76. The first-order valence-corrected chi connectivity index (χ1v) is 10.7. The second-order valence-electron chi connectivity index (χ2n) is 7.95. The number of anilines is 1. The Balaban J connectivity index is 1.39. The molecule has 3 aromatic rings. The van der Waals surface area contributed by atoms with Crippen LogP contribution in [0.4, 0.5) is 10.5 Å². The standard InChI is InChI=1S/C26H24N2O6/c1-16-13-17(25(31)28(2)34-15-24(29)30)11-12-23(16)27-26(32)33-14-22-20-9-5-3-7-18(20)19-8-4-6-10-21(19)22/h3-13,22H,14-15H2,1-2H3,(H,27,32)(H,29,30). The number of carbonyl (C=O) groups excluding carboxylic acids is 2. The summed E-state index contributed by atoms with van der Waals surface area (Å²) in [5.41, 5.74) is 6.01. The molecule has 4 rings (SSSR count). The number of benzene rings is 3. The molecule has 0 heterocycles. The number of hydrogen-bond acceptors (Lipinski definition) is 5. The lowest BCUT2D eigenvalue weighted by Gasteiger charge is -2.17. The average Bonchev–Trinajstić information content (AvgIpc) is 3.15. The molecule has 0 unspecified atom stereocenters. The highest BCUT2D eigenvalue weighted by molar-refractivity contribution is 5.95. The van der Waals surface area contributed by atoms with E-state index in [0.717, 1.165) is 27.3 Å². The molecule has 0 aliphatic heterocycles. The van der Waals surface area contributed by atoms with E-state index in [-0.39, 0.29) is 12.5 Å². The van der Waals surface area contributed by atoms with Crippen LogP contribution < -0.4 is 5.32 Å². The first-order valence-electron chi connectivity index (χ1n) is 10.7. The van der Waals surface area contributed by atoms with Crippen LogP contribution in [0.1, 0.15) is 33.0 Å². The molecule has 0 saturated heterocycles. The van der Waals surface area contributed by atoms with Crippen LogP contribution in [-0.2, 0) is 14.4 Å². The van der Waals surface area contributed by atoms with Gasteiger partial charge in [0.2, 0.25) is 0 Å². The third-order valence-corrected chi connectivity index (χ3v) is 5.72. The lowest BCUT2D eigenvalue weighted by atomic mass is 9.98. The molecule has 8 nitrogen and oxygen atoms in total. The summed E-state index contributed by atoms with van der Waals surface area (Å²) in [6, 6.07) is 20.9. The number of aryl methyl sites for hydroxylation is 1. The maximum Gasteiger partial charge on any atom is 0.411 e. The van der Waals surface area contributed by atoms with Gasteiger partial charge >= 0.3 is 12.1 Å². The predicted octanol–water partition coefficient (Wildman–Crippen LogP) is 4.44. The van der Waals surface area contributed by atoms with Crippen molar-refractivity contribution >= 4 is 23.7 Å². The molecule has 34 heavy (non-hydrogen) atoms. The maximum absolute atomic E-state index is 12.5. The Morgan fingerprint density at radius 1 is 0.971 bits per heavy atom. The van der Waals surface area contributed by atoms with Gasteiger partial charge in [-0.1, -0.05) is 48.5 Å². The number of nitrogens with one attached hydrogen (secondary N) is 1. The van der Waals surface area contributed by atoms with E-state index >= 15 is 0 Å². The number of carbonyl (C=O) groups is 3. The summed E-state index contributed by atoms with van der Waals surface area (Å²) < 4.78 is 5.57. The minimum Gasteiger partial charge on any atom is -0.479 e. The summed E-state index contributed by atoms with van der Waals surface area (Å²) in [4.78, 5) is 40.4. The highest BCUT2D eigenvalue weighted by Gasteiger charge is 2.29. The molecular formula is C26H24N2O6. The topological polar surface area (TPSA) is 105 Å². The molecule has 2 N–H and O–H groups in total. The van der Waals surface area contributed by atoms with Crippen molar-refractivity contribution < 1.29 is 29.1 Å². The molecule has 1 aliphatic carbocycles. The van der Waals surface area contributed by atoms with Crippen LogP contribution in [0.5, 0.6) is 0 Å². The Morgan fingerprint density at radius 3 is 2.18 bits per heavy atom. The number of amides is 2. The third kappa shape index (κ3) is 4.77. The van der Waals surface area contributed by atoms with Crippen molar-refractivity contribution in [2.45, 2.75) is 12.8 Å². The molecule has 8 heteroatoms. The summed E-state index contributed by atoms with van der Waals surface area (Å²) in [5, 5.41) is 12.3. The lowest BCUT2D eigenvalue weighted by molar-refractivity contribution is -0.159. The maximum atomic E-state index is 12.5. The molecule has 0 atom stereocenters. The molecule has 0 radical (unpaired) electrons. The van der Waals surface area contributed by atoms with Gasteiger partial charge in [-0.05, 0) is 52.9 Å². The van der Waals surface area contributed by atoms with Gasteiger partial charge in [-0.3, -0.25) is 14.9 Å². The quantitative estimate of drug-likeness (QED) is 0.505. The minimum atomic E-state index is -1.18. The van der Waals surface area contributed by atoms with Crippen LogP contribution in [0.3, 0.4) is 0 Å². The van der Waals surface area contributed by atoms with Crippen LogP contribution >= 0.6 is 0 Å². The molecule has 0 saturated carbocycles. The molecule has 1 aliphatic rings. The highest BCUT2D eigenvalue weighted by Crippen LogP contribution is 2.44. The van der Waals surface area contributed by atoms with Crippen LogP contribution in [-0.4, -0.2) is 48.4 Å². The van der Waals surface area contributed by atoms with Crippen molar-refractivity contribution in [1.29, 1.82) is 0 Å². The third-order valence-electron chi connectivity index (χ3n) is 5.72. The molecule has 2 amide bonds. The van der Waals surface area contributed by atoms with E-state index in [1.807, 2.05) is 24.3 Å². The summed E-state index contributed by atoms with van der Waals surface area (Å²) in [6.07, 6.45) is -0.592. The van der Waals surface area contributed by atoms with Gasteiger partial charge in [0, 0.05) is 24.2 Å². The number of nitrogens with zero attached hydrogens (tertiary/aromatic N) is 1. The number of hydrogen-bond donors (Lipinski definition) is 2. The molecule has 0 spiro atoms. The van der Waals surface area contributed by atoms with Crippen molar-refractivity contribution in [2.24, 2.45) is 0 Å². The van der Waals surface area contributed by atoms with Crippen LogP contribution in [0.15, 0.2) is 66.7 Å². The van der Waals surface area contributed by atoms with E-state index in [2.05, 4.69) is 29.6 Å². The van der Waals surface area contributed by atoms with Crippen molar-refractivity contribution in [3.8, 4) is 11.1 Å². The van der Waals surface area contributed by atoms with Gasteiger partial charge in [0.1, 0.15) is 6.61 Å². The van der Waals surface area contributed by atoms with Gasteiger partial charge in [-0.15, -0.1) is 0 Å². The van der Waals surface area contributed by atoms with Gasteiger partial charge in [0.25, 0.3) is 5.91 Å². The zero-order valence-electron chi connectivity index (χ0n) is 18.8. The predicted molar refractivity (Wildman–Crippen MR) is 126 cm³/mol. The molecule has 0 bridgehead atoms. The number of carboxylic acid groups (broad SMARTS) is 1. The van der Waals surface area contributed by atoms with E-state index in [9.17, 15) is 14.4 Å². The number of aliphatic carboxylic acids is 1. The summed E-state index contributed by atoms with van der Waals surface area (Å²) in [7, 11) is 1.34. The fourth-order valence-corrected chi connectivity index (χ4v) is 4.07. The van der Waals surface area contributed by atoms with Crippen LogP contribution in [0.25, 0.3) is 11.1 Å². The number of carboxylic acids is 1. The van der Waals surface area contributed by atoms with Gasteiger partial charge in [0.05, 0.1) is 0 Å². The Hall–Kier alpha value is -4.17. The van der Waals surface area contributed by atoms with Crippen molar-refractivity contribution in [1.82, 2.24) is 5.06 Å². The summed E-state index contributed by atoms with van der Waals surface area (Å²) >= 11 is 0. The largest absolute Gasteiger partial charge is 0.479 e. The van der Waals surface area contributed by atoms with Gasteiger partial charge in [-0.2, -0.15) is 0 Å². The normalized spacial score (nSPS) is 11.9. The average molecular weight is 460 g/mol. The van der Waals surface area contributed by atoms with E-state index in [1.165, 1.54) is 13.1 Å². The van der Waals surface area contributed by atoms with E-state index in [1.54, 1.807) is 19.1 Å². The zero-order chi connectivity index (χ0) is 24.2. The second-order valence-corrected chi connectivity index (χ2v) is 7.95. The lowest BCUT2D eigenvalue weighted by Crippen LogP contribution is -2.29. The monoisotopic (exact) mass is 460 g/mol. The molecule has 174 valence electrons. The van der Waals surface area contributed by atoms with Gasteiger partial charge in [0.15, 0.2) is 6.61 Å². The van der Waals surface area contributed by atoms with E-state index < -0.39 is 24.6 Å². The Bertz CT molecular complexity index is 1210. The zero-order valence-corrected chi connectivity index (χ0v) is 18.8. The first-order chi connectivity index (χ1) is 16.3. The van der Waals surface area contributed by atoms with Crippen LogP contribution in [0, 0.1) is 6.92 Å². The number of hydroxylamine groups is 2. The highest BCUT2D eigenvalue weighted by atomic mass is 16.7. The number of rotatable bonds is 7. The molecular weight excluding hydrogens is 436 g/mol. The SMILES string of the molecule is Cc1cc(C(=O)N(C)OCC(=O)O)ccc1NC(=O)OCC1c2ccccc2-c2ccccc21. The smallest absolute Gasteiger partial charge is 0.411 e. The molecule has 0 aromatic heterocycles. The Labute approximate surface area is 196 Å². The van der Waals surface area contributed by atoms with Gasteiger partial charge in [-0.25, -0.2) is 14.7 Å². The fraction of sp³-hybridized carbons (Fsp3) is 0.192. The Kier molecular flexibility index (Phi) is 6.60. The summed E-state index contributed by atoms with van der Waals surface area (Å²) in [5.74, 6) is -1.73. The first kappa shape index (κ1) is 23.0. The number of fused-ring (bicyclic) bond motifs is 3. The van der Waals surface area contributed by atoms with Gasteiger partial charge < -0.3 is 9.84 Å². The fourth-order valence-electron chi connectivity index (χ4n) is 4.07.